The van der Waals surface area contributed by atoms with Gasteiger partial charge in [-0.25, -0.2) is 0 Å². The molecule has 1 atom stereocenters. The molecular weight excluding hydrogens is 266 g/mol. The molecule has 3 N–H and O–H groups in total. The van der Waals surface area contributed by atoms with E-state index in [-0.39, 0.29) is 23.9 Å². The van der Waals surface area contributed by atoms with Gasteiger partial charge in [0.15, 0.2) is 5.69 Å². The van der Waals surface area contributed by atoms with Crippen LogP contribution in [0, 0.1) is 5.92 Å². The second-order valence-corrected chi connectivity index (χ2v) is 5.74. The molecule has 2 saturated carbocycles. The molecule has 0 saturated heterocycles. The van der Waals surface area contributed by atoms with Crippen molar-refractivity contribution in [3.63, 3.8) is 0 Å². The molecule has 6 heteroatoms. The fourth-order valence-corrected chi connectivity index (χ4v) is 2.32. The van der Waals surface area contributed by atoms with E-state index in [1.54, 1.807) is 6.07 Å². The second kappa shape index (κ2) is 5.13. The van der Waals surface area contributed by atoms with Crippen LogP contribution in [0.1, 0.15) is 54.8 Å². The standard InChI is InChI=1S/C13H19N3O2.ClH/c1-13(7-14,9-4-5-9)15-12(17)10-6-11(18-16-10)8-2-3-8;/h6,8-9H,2-5,7,14H2,1H3,(H,15,17);1H. The molecule has 1 aromatic heterocycles. The monoisotopic (exact) mass is 285 g/mol. The number of nitrogens with one attached hydrogen (secondary N) is 1. The van der Waals surface area contributed by atoms with Crippen molar-refractivity contribution in [3.05, 3.63) is 17.5 Å². The van der Waals surface area contributed by atoms with E-state index in [1.165, 1.54) is 0 Å². The number of nitrogens with zero attached hydrogens (tertiary/aromatic N) is 1. The van der Waals surface area contributed by atoms with Crippen molar-refractivity contribution in [2.24, 2.45) is 11.7 Å². The van der Waals surface area contributed by atoms with E-state index in [4.69, 9.17) is 10.3 Å². The SMILES string of the molecule is CC(CN)(NC(=O)c1cc(C2CC2)on1)C1CC1.Cl. The largest absolute Gasteiger partial charge is 0.360 e. The summed E-state index contributed by atoms with van der Waals surface area (Å²) in [4.78, 5) is 12.1. The number of rotatable bonds is 5. The van der Waals surface area contributed by atoms with Crippen molar-refractivity contribution in [2.45, 2.75) is 44.1 Å². The van der Waals surface area contributed by atoms with Crippen LogP contribution in [0.4, 0.5) is 0 Å². The lowest BCUT2D eigenvalue weighted by atomic mass is 9.96. The first-order chi connectivity index (χ1) is 8.62. The number of nitrogens with two attached hydrogens (primary N) is 1. The van der Waals surface area contributed by atoms with E-state index in [0.29, 0.717) is 24.1 Å². The minimum Gasteiger partial charge on any atom is -0.360 e. The first-order valence-corrected chi connectivity index (χ1v) is 6.61. The average Bonchev–Trinajstić information content (AvgIpc) is 3.26. The number of amides is 1. The Hall–Kier alpha value is -1.07. The smallest absolute Gasteiger partial charge is 0.273 e. The van der Waals surface area contributed by atoms with Gasteiger partial charge < -0.3 is 15.6 Å². The number of hydrogen-bond acceptors (Lipinski definition) is 4. The normalized spacial score (nSPS) is 21.4. The fourth-order valence-electron chi connectivity index (χ4n) is 2.32. The molecule has 19 heavy (non-hydrogen) atoms. The van der Waals surface area contributed by atoms with E-state index in [1.807, 2.05) is 6.92 Å². The summed E-state index contributed by atoms with van der Waals surface area (Å²) in [6, 6.07) is 1.76. The molecule has 0 aromatic carbocycles. The van der Waals surface area contributed by atoms with Crippen LogP contribution in [0.5, 0.6) is 0 Å². The Bertz CT molecular complexity index is 468. The Kier molecular flexibility index (Phi) is 3.87. The third-order valence-corrected chi connectivity index (χ3v) is 4.04. The minimum atomic E-state index is -0.310. The second-order valence-electron chi connectivity index (χ2n) is 5.74. The van der Waals surface area contributed by atoms with Gasteiger partial charge in [-0.15, -0.1) is 12.4 Å². The zero-order valence-corrected chi connectivity index (χ0v) is 11.8. The molecule has 1 aromatic rings. The molecular formula is C13H20ClN3O2. The van der Waals surface area contributed by atoms with Gasteiger partial charge in [-0.05, 0) is 38.5 Å². The summed E-state index contributed by atoms with van der Waals surface area (Å²) < 4.78 is 5.19. The van der Waals surface area contributed by atoms with Crippen LogP contribution in [-0.2, 0) is 0 Å². The first kappa shape index (κ1) is 14.3. The molecule has 0 radical (unpaired) electrons. The first-order valence-electron chi connectivity index (χ1n) is 6.61. The van der Waals surface area contributed by atoms with E-state index in [2.05, 4.69) is 10.5 Å². The summed E-state index contributed by atoms with van der Waals surface area (Å²) in [5, 5.41) is 6.86. The topological polar surface area (TPSA) is 81.1 Å². The summed E-state index contributed by atoms with van der Waals surface area (Å²) in [6.45, 7) is 2.46. The highest BCUT2D eigenvalue weighted by atomic mass is 35.5. The number of halogens is 1. The van der Waals surface area contributed by atoms with Crippen LogP contribution in [0.25, 0.3) is 0 Å². The highest BCUT2D eigenvalue weighted by Gasteiger charge is 2.42. The zero-order valence-electron chi connectivity index (χ0n) is 11.0. The number of hydrogen-bond donors (Lipinski definition) is 2. The number of aromatic nitrogens is 1. The fraction of sp³-hybridized carbons (Fsp3) is 0.692. The summed E-state index contributed by atoms with van der Waals surface area (Å²) in [5.41, 5.74) is 5.84. The van der Waals surface area contributed by atoms with Crippen LogP contribution in [0.3, 0.4) is 0 Å². The summed E-state index contributed by atoms with van der Waals surface area (Å²) in [5.74, 6) is 1.64. The van der Waals surface area contributed by atoms with Crippen LogP contribution in [0.15, 0.2) is 10.6 Å². The van der Waals surface area contributed by atoms with E-state index in [9.17, 15) is 4.79 Å². The minimum absolute atomic E-state index is 0. The van der Waals surface area contributed by atoms with E-state index < -0.39 is 0 Å². The van der Waals surface area contributed by atoms with Crippen molar-refractivity contribution in [1.82, 2.24) is 10.5 Å². The molecule has 5 nitrogen and oxygen atoms in total. The van der Waals surface area contributed by atoms with Crippen molar-refractivity contribution in [1.29, 1.82) is 0 Å². The molecule has 0 spiro atoms. The third-order valence-electron chi connectivity index (χ3n) is 4.04. The molecule has 3 rings (SSSR count). The van der Waals surface area contributed by atoms with Gasteiger partial charge in [0, 0.05) is 18.5 Å². The average molecular weight is 286 g/mol. The van der Waals surface area contributed by atoms with Crippen LogP contribution in [-0.4, -0.2) is 23.1 Å². The molecule has 0 bridgehead atoms. The molecule has 2 aliphatic carbocycles. The van der Waals surface area contributed by atoms with Gasteiger partial charge in [0.25, 0.3) is 5.91 Å². The van der Waals surface area contributed by atoms with Gasteiger partial charge in [-0.2, -0.15) is 0 Å². The molecule has 0 aliphatic heterocycles. The van der Waals surface area contributed by atoms with Crippen molar-refractivity contribution in [2.75, 3.05) is 6.54 Å². The molecule has 1 unspecified atom stereocenters. The quantitative estimate of drug-likeness (QED) is 0.865. The summed E-state index contributed by atoms with van der Waals surface area (Å²) in [6.07, 6.45) is 4.55. The van der Waals surface area contributed by atoms with Crippen LogP contribution >= 0.6 is 12.4 Å². The molecule has 2 fully saturated rings. The lowest BCUT2D eigenvalue weighted by Crippen LogP contribution is -2.53. The maximum Gasteiger partial charge on any atom is 0.273 e. The van der Waals surface area contributed by atoms with Gasteiger partial charge in [0.2, 0.25) is 0 Å². The lowest BCUT2D eigenvalue weighted by molar-refractivity contribution is 0.0888. The van der Waals surface area contributed by atoms with E-state index >= 15 is 0 Å². The van der Waals surface area contributed by atoms with Gasteiger partial charge >= 0.3 is 0 Å². The maximum atomic E-state index is 12.1. The summed E-state index contributed by atoms with van der Waals surface area (Å²) >= 11 is 0. The zero-order chi connectivity index (χ0) is 12.8. The molecule has 106 valence electrons. The Morgan fingerprint density at radius 1 is 1.53 bits per heavy atom. The Morgan fingerprint density at radius 2 is 2.21 bits per heavy atom. The van der Waals surface area contributed by atoms with Crippen molar-refractivity contribution >= 4 is 18.3 Å². The summed E-state index contributed by atoms with van der Waals surface area (Å²) in [7, 11) is 0. The van der Waals surface area contributed by atoms with Gasteiger partial charge in [-0.1, -0.05) is 5.16 Å². The number of carbonyl (C=O) groups is 1. The maximum absolute atomic E-state index is 12.1. The van der Waals surface area contributed by atoms with Crippen LogP contribution < -0.4 is 11.1 Å². The predicted octanol–water partition coefficient (Wildman–Crippen LogP) is 1.83. The van der Waals surface area contributed by atoms with Gasteiger partial charge in [0.05, 0.1) is 5.54 Å². The molecule has 1 amide bonds. The third kappa shape index (κ3) is 2.92. The van der Waals surface area contributed by atoms with Crippen molar-refractivity contribution < 1.29 is 9.32 Å². The predicted molar refractivity (Wildman–Crippen MR) is 73.4 cm³/mol. The Labute approximate surface area is 118 Å². The van der Waals surface area contributed by atoms with E-state index in [0.717, 1.165) is 31.4 Å². The molecule has 1 heterocycles. The highest BCUT2D eigenvalue weighted by Crippen LogP contribution is 2.41. The Balaban J connectivity index is 0.00000133. The van der Waals surface area contributed by atoms with Crippen LogP contribution in [0.2, 0.25) is 0 Å². The lowest BCUT2D eigenvalue weighted by Gasteiger charge is -2.28. The Morgan fingerprint density at radius 3 is 2.74 bits per heavy atom. The highest BCUT2D eigenvalue weighted by molar-refractivity contribution is 5.92. The molecule has 2 aliphatic rings. The van der Waals surface area contributed by atoms with Gasteiger partial charge in [-0.3, -0.25) is 4.79 Å². The van der Waals surface area contributed by atoms with Crippen molar-refractivity contribution in [3.8, 4) is 0 Å². The number of carbonyl (C=O) groups excluding carboxylic acids is 1. The van der Waals surface area contributed by atoms with Gasteiger partial charge in [0.1, 0.15) is 5.76 Å².